The van der Waals surface area contributed by atoms with Gasteiger partial charge in [-0.2, -0.15) is 4.98 Å². The maximum absolute atomic E-state index is 5.82. The molecule has 154 valence electrons. The first-order chi connectivity index (χ1) is 14.2. The first-order valence-electron chi connectivity index (χ1n) is 9.53. The van der Waals surface area contributed by atoms with Crippen LogP contribution in [-0.4, -0.2) is 49.0 Å². The van der Waals surface area contributed by atoms with Crippen molar-refractivity contribution in [2.75, 3.05) is 39.8 Å². The molecule has 0 unspecified atom stereocenters. The first kappa shape index (κ1) is 20.6. The molecule has 0 fully saturated rings. The highest BCUT2D eigenvalue weighted by Crippen LogP contribution is 2.33. The van der Waals surface area contributed by atoms with Crippen molar-refractivity contribution in [3.8, 4) is 28.6 Å². The van der Waals surface area contributed by atoms with Crippen molar-refractivity contribution in [2.24, 2.45) is 0 Å². The number of benzene rings is 1. The Labute approximate surface area is 170 Å². The molecule has 0 saturated heterocycles. The Bertz CT molecular complexity index is 965. The van der Waals surface area contributed by atoms with Gasteiger partial charge in [0.1, 0.15) is 6.61 Å². The molecule has 8 nitrogen and oxygen atoms in total. The van der Waals surface area contributed by atoms with Crippen LogP contribution in [0.3, 0.4) is 0 Å². The highest BCUT2D eigenvalue weighted by Gasteiger charge is 2.13. The van der Waals surface area contributed by atoms with Crippen molar-refractivity contribution in [3.63, 3.8) is 0 Å². The minimum Gasteiger partial charge on any atom is -0.493 e. The molecule has 0 aliphatic carbocycles. The summed E-state index contributed by atoms with van der Waals surface area (Å²) in [6.45, 7) is 3.67. The fourth-order valence-corrected chi connectivity index (χ4v) is 2.81. The van der Waals surface area contributed by atoms with Crippen molar-refractivity contribution in [1.82, 2.24) is 15.0 Å². The summed E-state index contributed by atoms with van der Waals surface area (Å²) >= 11 is 0. The Hall–Kier alpha value is -3.13. The topological polar surface area (TPSA) is 102 Å². The number of hydrogen-bond donors (Lipinski definition) is 1. The highest BCUT2D eigenvalue weighted by atomic mass is 16.5. The predicted octanol–water partition coefficient (Wildman–Crippen LogP) is 3.49. The van der Waals surface area contributed by atoms with Crippen LogP contribution in [0.2, 0.25) is 0 Å². The zero-order chi connectivity index (χ0) is 20.6. The van der Waals surface area contributed by atoms with E-state index >= 15 is 0 Å². The Kier molecular flexibility index (Phi) is 7.02. The number of unbranched alkanes of at least 4 members (excludes halogenated alkanes) is 1. The maximum atomic E-state index is 5.82. The van der Waals surface area contributed by atoms with E-state index in [1.165, 1.54) is 0 Å². The van der Waals surface area contributed by atoms with E-state index in [1.807, 2.05) is 30.3 Å². The van der Waals surface area contributed by atoms with Gasteiger partial charge in [-0.25, -0.2) is 9.97 Å². The molecule has 2 aromatic heterocycles. The SMILES string of the molecule is CCCCOCCOc1nc(N)nc2ccc(-c3ccc(OC)c(OC)c3)nc12. The molecule has 0 radical (unpaired) electrons. The van der Waals surface area contributed by atoms with Crippen LogP contribution in [0.4, 0.5) is 5.95 Å². The van der Waals surface area contributed by atoms with Gasteiger partial charge in [0.2, 0.25) is 11.8 Å². The number of hydrogen-bond acceptors (Lipinski definition) is 8. The number of pyridine rings is 1. The van der Waals surface area contributed by atoms with Crippen LogP contribution in [0, 0.1) is 0 Å². The van der Waals surface area contributed by atoms with E-state index in [9.17, 15) is 0 Å². The average molecular weight is 398 g/mol. The van der Waals surface area contributed by atoms with Gasteiger partial charge in [-0.3, -0.25) is 0 Å². The number of nitrogens with zero attached hydrogens (tertiary/aromatic N) is 3. The van der Waals surface area contributed by atoms with E-state index in [2.05, 4.69) is 16.9 Å². The van der Waals surface area contributed by atoms with Crippen molar-refractivity contribution >= 4 is 17.0 Å². The van der Waals surface area contributed by atoms with Gasteiger partial charge < -0.3 is 24.7 Å². The van der Waals surface area contributed by atoms with Crippen LogP contribution in [-0.2, 0) is 4.74 Å². The van der Waals surface area contributed by atoms with Crippen molar-refractivity contribution in [2.45, 2.75) is 19.8 Å². The first-order valence-corrected chi connectivity index (χ1v) is 9.53. The smallest absolute Gasteiger partial charge is 0.245 e. The van der Waals surface area contributed by atoms with Crippen molar-refractivity contribution in [3.05, 3.63) is 30.3 Å². The number of nitrogen functional groups attached to an aromatic ring is 1. The summed E-state index contributed by atoms with van der Waals surface area (Å²) in [5.41, 5.74) is 8.58. The molecule has 2 N–H and O–H groups in total. The number of aromatic nitrogens is 3. The average Bonchev–Trinajstić information content (AvgIpc) is 2.75. The van der Waals surface area contributed by atoms with Gasteiger partial charge in [0.05, 0.1) is 32.0 Å². The number of ether oxygens (including phenoxy) is 4. The van der Waals surface area contributed by atoms with Gasteiger partial charge in [0.25, 0.3) is 0 Å². The summed E-state index contributed by atoms with van der Waals surface area (Å²) < 4.78 is 22.0. The summed E-state index contributed by atoms with van der Waals surface area (Å²) in [4.78, 5) is 13.2. The number of fused-ring (bicyclic) bond motifs is 1. The zero-order valence-corrected chi connectivity index (χ0v) is 17.0. The molecule has 2 heterocycles. The lowest BCUT2D eigenvalue weighted by atomic mass is 10.1. The zero-order valence-electron chi connectivity index (χ0n) is 17.0. The number of nitrogens with two attached hydrogens (primary N) is 1. The Morgan fingerprint density at radius 1 is 0.897 bits per heavy atom. The lowest BCUT2D eigenvalue weighted by molar-refractivity contribution is 0.0970. The summed E-state index contributed by atoms with van der Waals surface area (Å²) in [5, 5.41) is 0. The molecule has 8 heteroatoms. The lowest BCUT2D eigenvalue weighted by Gasteiger charge is -2.11. The molecule has 0 aliphatic rings. The molecular formula is C21H26N4O4. The molecule has 3 aromatic rings. The van der Waals surface area contributed by atoms with E-state index in [0.717, 1.165) is 24.1 Å². The quantitative estimate of drug-likeness (QED) is 0.518. The minimum absolute atomic E-state index is 0.139. The Morgan fingerprint density at radius 2 is 1.72 bits per heavy atom. The Morgan fingerprint density at radius 3 is 2.48 bits per heavy atom. The van der Waals surface area contributed by atoms with Gasteiger partial charge in [0.15, 0.2) is 17.0 Å². The van der Waals surface area contributed by atoms with E-state index in [1.54, 1.807) is 14.2 Å². The standard InChI is InChI=1S/C21H26N4O4/c1-4-5-10-28-11-12-29-20-19-16(24-21(22)25-20)8-7-15(23-19)14-6-9-17(26-2)18(13-14)27-3/h6-9,13H,4-5,10-12H2,1-3H3,(H2,22,24,25). The van der Waals surface area contributed by atoms with Crippen LogP contribution in [0.1, 0.15) is 19.8 Å². The third kappa shape index (κ3) is 5.03. The van der Waals surface area contributed by atoms with Crippen LogP contribution >= 0.6 is 0 Å². The Balaban J connectivity index is 1.87. The molecule has 0 amide bonds. The second kappa shape index (κ2) is 9.88. The number of methoxy groups -OCH3 is 2. The van der Waals surface area contributed by atoms with E-state index < -0.39 is 0 Å². The van der Waals surface area contributed by atoms with Gasteiger partial charge in [0, 0.05) is 12.2 Å². The van der Waals surface area contributed by atoms with E-state index in [4.69, 9.17) is 29.7 Å². The fourth-order valence-electron chi connectivity index (χ4n) is 2.81. The lowest BCUT2D eigenvalue weighted by Crippen LogP contribution is -2.10. The molecule has 0 spiro atoms. The third-order valence-electron chi connectivity index (χ3n) is 4.32. The highest BCUT2D eigenvalue weighted by molar-refractivity contribution is 5.83. The van der Waals surface area contributed by atoms with Gasteiger partial charge in [-0.05, 0) is 36.8 Å². The second-order valence-electron chi connectivity index (χ2n) is 6.34. The molecular weight excluding hydrogens is 372 g/mol. The molecule has 0 bridgehead atoms. The summed E-state index contributed by atoms with van der Waals surface area (Å²) in [6.07, 6.45) is 2.12. The van der Waals surface area contributed by atoms with Gasteiger partial charge >= 0.3 is 0 Å². The van der Waals surface area contributed by atoms with Gasteiger partial charge in [-0.15, -0.1) is 0 Å². The molecule has 0 aliphatic heterocycles. The molecule has 3 rings (SSSR count). The predicted molar refractivity (Wildman–Crippen MR) is 112 cm³/mol. The minimum atomic E-state index is 0.139. The van der Waals surface area contributed by atoms with E-state index in [0.29, 0.717) is 48.2 Å². The molecule has 0 atom stereocenters. The summed E-state index contributed by atoms with van der Waals surface area (Å²) in [7, 11) is 3.20. The van der Waals surface area contributed by atoms with Crippen molar-refractivity contribution < 1.29 is 18.9 Å². The third-order valence-corrected chi connectivity index (χ3v) is 4.32. The summed E-state index contributed by atoms with van der Waals surface area (Å²) in [5.74, 6) is 1.76. The molecule has 1 aromatic carbocycles. The monoisotopic (exact) mass is 398 g/mol. The second-order valence-corrected chi connectivity index (χ2v) is 6.34. The fraction of sp³-hybridized carbons (Fsp3) is 0.381. The number of anilines is 1. The molecule has 29 heavy (non-hydrogen) atoms. The van der Waals surface area contributed by atoms with Crippen LogP contribution in [0.25, 0.3) is 22.3 Å². The molecule has 0 saturated carbocycles. The van der Waals surface area contributed by atoms with Crippen LogP contribution in [0.5, 0.6) is 17.4 Å². The van der Waals surface area contributed by atoms with E-state index in [-0.39, 0.29) is 5.95 Å². The number of rotatable bonds is 10. The normalized spacial score (nSPS) is 10.9. The van der Waals surface area contributed by atoms with Crippen LogP contribution < -0.4 is 19.9 Å². The summed E-state index contributed by atoms with van der Waals surface area (Å²) in [6, 6.07) is 9.33. The largest absolute Gasteiger partial charge is 0.493 e. The van der Waals surface area contributed by atoms with Crippen LogP contribution in [0.15, 0.2) is 30.3 Å². The maximum Gasteiger partial charge on any atom is 0.245 e. The van der Waals surface area contributed by atoms with Crippen molar-refractivity contribution in [1.29, 1.82) is 0 Å². The van der Waals surface area contributed by atoms with Gasteiger partial charge in [-0.1, -0.05) is 13.3 Å².